The lowest BCUT2D eigenvalue weighted by atomic mass is 9.84. The van der Waals surface area contributed by atoms with Crippen molar-refractivity contribution in [3.63, 3.8) is 0 Å². The minimum absolute atomic E-state index is 0.0791. The van der Waals surface area contributed by atoms with Gasteiger partial charge in [0.05, 0.1) is 22.7 Å². The maximum atomic E-state index is 12.6. The molecule has 0 aromatic heterocycles. The first-order chi connectivity index (χ1) is 27.7. The van der Waals surface area contributed by atoms with Gasteiger partial charge in [0.1, 0.15) is 11.7 Å². The predicted molar refractivity (Wildman–Crippen MR) is 223 cm³/mol. The topological polar surface area (TPSA) is 141 Å². The van der Waals surface area contributed by atoms with Crippen LogP contribution in [0.15, 0.2) is 131 Å². The first-order valence-corrected chi connectivity index (χ1v) is 20.4. The molecule has 4 aliphatic heterocycles. The summed E-state index contributed by atoms with van der Waals surface area (Å²) in [4.78, 5) is 13.8. The number of fused-ring (bicyclic) bond motifs is 8. The van der Waals surface area contributed by atoms with E-state index in [1.165, 1.54) is 0 Å². The van der Waals surface area contributed by atoms with Gasteiger partial charge in [-0.3, -0.25) is 18.9 Å². The molecule has 272 valence electrons. The molecule has 9 aromatic carbocycles. The molecular weight excluding hydrogens is 761 g/mol. The molecule has 13 rings (SSSR count). The van der Waals surface area contributed by atoms with Crippen LogP contribution < -0.4 is 20.2 Å². The van der Waals surface area contributed by atoms with Crippen LogP contribution in [-0.4, -0.2) is 33.4 Å². The fourth-order valence-corrected chi connectivity index (χ4v) is 10.3. The predicted octanol–water partition coefficient (Wildman–Crippen LogP) is 7.97. The summed E-state index contributed by atoms with van der Waals surface area (Å²) in [5.74, 6) is 1.15. The van der Waals surface area contributed by atoms with Gasteiger partial charge in [0.15, 0.2) is 0 Å². The van der Waals surface area contributed by atoms with Gasteiger partial charge < -0.3 is 8.37 Å². The van der Waals surface area contributed by atoms with Crippen molar-refractivity contribution < 1.29 is 30.1 Å². The molecule has 11 nitrogen and oxygen atoms in total. The van der Waals surface area contributed by atoms with E-state index in [9.17, 15) is 21.7 Å². The van der Waals surface area contributed by atoms with Crippen LogP contribution in [0.3, 0.4) is 0 Å². The Bertz CT molecular complexity index is 3760. The van der Waals surface area contributed by atoms with Crippen molar-refractivity contribution in [3.05, 3.63) is 143 Å². The van der Waals surface area contributed by atoms with Crippen molar-refractivity contribution in [3.8, 4) is 0 Å². The lowest BCUT2D eigenvalue weighted by Gasteiger charge is -2.35. The van der Waals surface area contributed by atoms with Crippen LogP contribution in [0.1, 0.15) is 11.1 Å². The highest BCUT2D eigenvalue weighted by Gasteiger charge is 2.38. The van der Waals surface area contributed by atoms with Crippen molar-refractivity contribution in [2.75, 3.05) is 9.80 Å². The van der Waals surface area contributed by atoms with Crippen LogP contribution in [0.5, 0.6) is 0 Å². The van der Waals surface area contributed by atoms with Crippen LogP contribution in [0.2, 0.25) is 0 Å². The highest BCUT2D eigenvalue weighted by molar-refractivity contribution is 7.81. The molecule has 1 unspecified atom stereocenters. The van der Waals surface area contributed by atoms with E-state index >= 15 is 0 Å². The van der Waals surface area contributed by atoms with Crippen LogP contribution in [0.25, 0.3) is 76.4 Å². The van der Waals surface area contributed by atoms with Crippen molar-refractivity contribution in [2.45, 2.75) is 0 Å². The largest absolute Gasteiger partial charge is 0.447 e. The minimum Gasteiger partial charge on any atom is -0.360 e. The van der Waals surface area contributed by atoms with Gasteiger partial charge in [-0.05, 0) is 91.6 Å². The summed E-state index contributed by atoms with van der Waals surface area (Å²) in [6.07, 6.45) is 0. The number of benzene rings is 9. The molecule has 1 atom stereocenters. The van der Waals surface area contributed by atoms with Gasteiger partial charge in [-0.15, -0.1) is 0 Å². The molecular formula is C44H22N4O7S2. The number of hydrogen-bond donors (Lipinski definition) is 2. The van der Waals surface area contributed by atoms with Gasteiger partial charge in [0, 0.05) is 43.1 Å². The van der Waals surface area contributed by atoms with Crippen LogP contribution in [0.4, 0.5) is 22.7 Å². The summed E-state index contributed by atoms with van der Waals surface area (Å²) in [5, 5.41) is 11.6. The van der Waals surface area contributed by atoms with Crippen LogP contribution >= 0.6 is 0 Å². The first-order valence-electron chi connectivity index (χ1n) is 18.0. The van der Waals surface area contributed by atoms with E-state index in [0.717, 1.165) is 92.8 Å². The van der Waals surface area contributed by atoms with E-state index in [4.69, 9.17) is 18.4 Å². The van der Waals surface area contributed by atoms with E-state index in [1.54, 1.807) is 4.90 Å². The summed E-state index contributed by atoms with van der Waals surface area (Å²) in [7, 11) is -4.98. The first kappa shape index (κ1) is 31.3. The fourth-order valence-electron chi connectivity index (χ4n) is 9.68. The second kappa shape index (κ2) is 10.5. The third-order valence-corrected chi connectivity index (χ3v) is 12.3. The van der Waals surface area contributed by atoms with Gasteiger partial charge in [-0.1, -0.05) is 72.8 Å². The van der Waals surface area contributed by atoms with Crippen LogP contribution in [0, 0.1) is 0 Å². The molecule has 4 heterocycles. The summed E-state index contributed by atoms with van der Waals surface area (Å²) in [6.45, 7) is 0. The second-order valence-electron chi connectivity index (χ2n) is 14.4. The Morgan fingerprint density at radius 2 is 0.965 bits per heavy atom. The zero-order chi connectivity index (χ0) is 38.1. The van der Waals surface area contributed by atoms with Gasteiger partial charge in [-0.2, -0.15) is 12.6 Å². The molecule has 13 heteroatoms. The molecule has 0 bridgehead atoms. The monoisotopic (exact) mass is 782 g/mol. The third-order valence-electron chi connectivity index (χ3n) is 11.7. The SMILES string of the molecule is O=S(O)OC1=c2ccc3c4ccc5c6c(ccc(c7ccc(c2c37)C2=Nc3cccc7cccc(c37)N21)c64)=C(OS(=O)(=O)O)N1C5=Nc2cccc3cccc1c23. The highest BCUT2D eigenvalue weighted by Crippen LogP contribution is 2.49. The number of nitrogens with zero attached hydrogens (tertiary/aromatic N) is 4. The molecule has 9 aromatic rings. The highest BCUT2D eigenvalue weighted by atomic mass is 32.3. The lowest BCUT2D eigenvalue weighted by molar-refractivity contribution is 0.364. The Morgan fingerprint density at radius 1 is 0.526 bits per heavy atom. The molecule has 0 fully saturated rings. The van der Waals surface area contributed by atoms with Gasteiger partial charge >= 0.3 is 21.8 Å². The molecule has 0 radical (unpaired) electrons. The second-order valence-corrected chi connectivity index (χ2v) is 16.0. The normalized spacial score (nSPS) is 15.8. The zero-order valence-corrected chi connectivity index (χ0v) is 30.7. The lowest BCUT2D eigenvalue weighted by Crippen LogP contribution is -2.41. The molecule has 0 aliphatic carbocycles. The summed E-state index contributed by atoms with van der Waals surface area (Å²) in [5.41, 5.74) is 4.57. The molecule has 2 N–H and O–H groups in total. The molecule has 4 aliphatic rings. The Balaban J connectivity index is 1.18. The smallest absolute Gasteiger partial charge is 0.360 e. The Hall–Kier alpha value is -6.90. The maximum absolute atomic E-state index is 12.6. The Morgan fingerprint density at radius 3 is 1.44 bits per heavy atom. The van der Waals surface area contributed by atoms with Crippen molar-refractivity contribution >= 4 is 133 Å². The Kier molecular flexibility index (Phi) is 5.76. The minimum atomic E-state index is -4.98. The van der Waals surface area contributed by atoms with E-state index in [1.807, 2.05) is 114 Å². The van der Waals surface area contributed by atoms with Crippen molar-refractivity contribution in [1.82, 2.24) is 0 Å². The number of amidine groups is 2. The average molecular weight is 783 g/mol. The van der Waals surface area contributed by atoms with E-state index in [0.29, 0.717) is 27.8 Å². The standard InChI is InChI=1S/C44H22N4O7S2/c49-56(50)54-43-29-19-15-25-24-14-18-28-40-30(44(55-57(51,52)53)48-34-12-4-8-22-6-2-10-32(36(22)34)46-42(28)48)20-16-26(38(24)40)23-13-17-27(39(29)37(23)25)41-45-31-9-1-5-21-7-3-11-33(35(21)31)47(41)43/h1-20H,(H,49,50)(H,51,52,53). The van der Waals surface area contributed by atoms with Crippen LogP contribution in [-0.2, 0) is 30.1 Å². The molecule has 0 saturated heterocycles. The van der Waals surface area contributed by atoms with E-state index in [-0.39, 0.29) is 11.8 Å². The number of aliphatic imine (C=N–C) groups is 2. The van der Waals surface area contributed by atoms with Gasteiger partial charge in [0.2, 0.25) is 11.8 Å². The average Bonchev–Trinajstić information content (AvgIpc) is 3.20. The zero-order valence-electron chi connectivity index (χ0n) is 29.1. The summed E-state index contributed by atoms with van der Waals surface area (Å²) < 4.78 is 69.4. The van der Waals surface area contributed by atoms with Crippen molar-refractivity contribution in [2.24, 2.45) is 9.98 Å². The summed E-state index contributed by atoms with van der Waals surface area (Å²) in [6, 6.07) is 39.3. The number of anilines is 2. The maximum Gasteiger partial charge on any atom is 0.447 e. The fraction of sp³-hybridized carbons (Fsp3) is 0. The number of rotatable bonds is 4. The quantitative estimate of drug-likeness (QED) is 0.0787. The molecule has 57 heavy (non-hydrogen) atoms. The Labute approximate surface area is 324 Å². The van der Waals surface area contributed by atoms with E-state index in [2.05, 4.69) is 12.1 Å². The summed E-state index contributed by atoms with van der Waals surface area (Å²) >= 11 is -2.65. The third kappa shape index (κ3) is 3.95. The van der Waals surface area contributed by atoms with E-state index < -0.39 is 21.8 Å². The number of hydrogen-bond acceptors (Lipinski definition) is 9. The van der Waals surface area contributed by atoms with Gasteiger partial charge in [-0.25, -0.2) is 9.98 Å². The van der Waals surface area contributed by atoms with Crippen molar-refractivity contribution in [1.29, 1.82) is 0 Å². The molecule has 0 amide bonds. The molecule has 0 saturated carbocycles. The molecule has 0 spiro atoms. The van der Waals surface area contributed by atoms with Gasteiger partial charge in [0.25, 0.3) is 0 Å².